The average Bonchev–Trinajstić information content (AvgIpc) is 2.97. The molecule has 2 heterocycles. The summed E-state index contributed by atoms with van der Waals surface area (Å²) in [7, 11) is 0. The van der Waals surface area contributed by atoms with Crippen LogP contribution in [0.5, 0.6) is 0 Å². The number of thiophene rings is 1. The van der Waals surface area contributed by atoms with Gasteiger partial charge in [0.1, 0.15) is 0 Å². The van der Waals surface area contributed by atoms with E-state index in [2.05, 4.69) is 0 Å². The van der Waals surface area contributed by atoms with Crippen molar-refractivity contribution in [3.63, 3.8) is 0 Å². The second kappa shape index (κ2) is 7.42. The average molecular weight is 298 g/mol. The minimum Gasteiger partial charge on any atom is -0.475 e. The van der Waals surface area contributed by atoms with E-state index in [1.54, 1.807) is 17.4 Å². The Balaban J connectivity index is 1.99. The van der Waals surface area contributed by atoms with Crippen molar-refractivity contribution in [3.05, 3.63) is 34.2 Å². The van der Waals surface area contributed by atoms with Crippen molar-refractivity contribution in [2.24, 2.45) is 0 Å². The van der Waals surface area contributed by atoms with Gasteiger partial charge in [0.05, 0.1) is 6.61 Å². The molecule has 0 bridgehead atoms. The molecule has 0 aliphatic carbocycles. The molecule has 0 saturated carbocycles. The summed E-state index contributed by atoms with van der Waals surface area (Å²) in [6.45, 7) is 0.584. The van der Waals surface area contributed by atoms with Crippen LogP contribution in [0, 0.1) is 0 Å². The summed E-state index contributed by atoms with van der Waals surface area (Å²) in [5.74, 6) is -1.13. The summed E-state index contributed by atoms with van der Waals surface area (Å²) in [5.41, 5.74) is 1.08. The molecule has 0 saturated heterocycles. The number of ether oxygens (including phenoxy) is 2. The number of aliphatic hydroxyl groups is 1. The quantitative estimate of drug-likeness (QED) is 0.756. The number of aliphatic carboxylic acids is 1. The van der Waals surface area contributed by atoms with E-state index in [1.165, 1.54) is 0 Å². The molecule has 110 valence electrons. The summed E-state index contributed by atoms with van der Waals surface area (Å²) in [4.78, 5) is 11.1. The van der Waals surface area contributed by atoms with Crippen molar-refractivity contribution in [2.45, 2.75) is 31.5 Å². The van der Waals surface area contributed by atoms with Crippen LogP contribution < -0.4 is 0 Å². The molecule has 1 aliphatic heterocycles. The maximum absolute atomic E-state index is 11.1. The van der Waals surface area contributed by atoms with Gasteiger partial charge in [-0.15, -0.1) is 0 Å². The molecule has 0 radical (unpaired) electrons. The lowest BCUT2D eigenvalue weighted by atomic mass is 9.95. The Labute approximate surface area is 121 Å². The van der Waals surface area contributed by atoms with Gasteiger partial charge < -0.3 is 19.7 Å². The minimum absolute atomic E-state index is 0.00365. The molecule has 0 fully saturated rings. The molecule has 1 aliphatic rings. The highest BCUT2D eigenvalue weighted by atomic mass is 32.1. The molecule has 0 spiro atoms. The van der Waals surface area contributed by atoms with Crippen LogP contribution in [0.2, 0.25) is 0 Å². The molecule has 0 aromatic carbocycles. The van der Waals surface area contributed by atoms with E-state index < -0.39 is 12.3 Å². The maximum atomic E-state index is 11.1. The first-order valence-electron chi connectivity index (χ1n) is 6.57. The predicted octanol–water partition coefficient (Wildman–Crippen LogP) is 2.34. The minimum atomic E-state index is -1.08. The first-order valence-corrected chi connectivity index (χ1v) is 7.51. The Kier molecular flexibility index (Phi) is 5.58. The monoisotopic (exact) mass is 298 g/mol. The Bertz CT molecular complexity index is 454. The van der Waals surface area contributed by atoms with Crippen LogP contribution in [-0.2, 0) is 14.3 Å². The van der Waals surface area contributed by atoms with Crippen molar-refractivity contribution < 1.29 is 24.5 Å². The van der Waals surface area contributed by atoms with Gasteiger partial charge in [0.2, 0.25) is 12.0 Å². The lowest BCUT2D eigenvalue weighted by Gasteiger charge is -2.27. The zero-order valence-electron chi connectivity index (χ0n) is 11.0. The third-order valence-electron chi connectivity index (χ3n) is 3.10. The standard InChI is InChI=1S/C14H18O5S/c15-4-1-2-5-18-13-8-11(10-3-6-20-9-10)7-12(19-13)14(16)17/h3,6-7,9,11,13,15H,1-2,4-5,8H2,(H,16,17)/t11-,13+/m1/s1. The van der Waals surface area contributed by atoms with E-state index in [4.69, 9.17) is 19.7 Å². The van der Waals surface area contributed by atoms with Crippen LogP contribution in [0.1, 0.15) is 30.7 Å². The number of rotatable bonds is 7. The fourth-order valence-electron chi connectivity index (χ4n) is 2.06. The van der Waals surface area contributed by atoms with Gasteiger partial charge in [-0.05, 0) is 41.3 Å². The molecule has 2 atom stereocenters. The molecule has 6 heteroatoms. The summed E-state index contributed by atoms with van der Waals surface area (Å²) >= 11 is 1.58. The Hall–Kier alpha value is -1.37. The number of carboxylic acid groups (broad SMARTS) is 1. The fraction of sp³-hybridized carbons (Fsp3) is 0.500. The Morgan fingerprint density at radius 3 is 3.00 bits per heavy atom. The summed E-state index contributed by atoms with van der Waals surface area (Å²) in [6.07, 6.45) is 3.09. The fourth-order valence-corrected chi connectivity index (χ4v) is 2.78. The molecule has 5 nitrogen and oxygen atoms in total. The van der Waals surface area contributed by atoms with Crippen molar-refractivity contribution in [2.75, 3.05) is 13.2 Å². The predicted molar refractivity (Wildman–Crippen MR) is 74.5 cm³/mol. The lowest BCUT2D eigenvalue weighted by Crippen LogP contribution is -2.27. The van der Waals surface area contributed by atoms with Gasteiger partial charge in [-0.3, -0.25) is 0 Å². The SMILES string of the molecule is O=C(O)C1=C[C@@H](c2ccsc2)C[C@@H](OCCCCO)O1. The van der Waals surface area contributed by atoms with E-state index in [-0.39, 0.29) is 18.3 Å². The van der Waals surface area contributed by atoms with Gasteiger partial charge >= 0.3 is 5.97 Å². The third kappa shape index (κ3) is 4.06. The first kappa shape index (κ1) is 15.0. The molecular weight excluding hydrogens is 280 g/mol. The number of hydrogen-bond acceptors (Lipinski definition) is 5. The van der Waals surface area contributed by atoms with E-state index in [1.807, 2.05) is 16.8 Å². The zero-order valence-corrected chi connectivity index (χ0v) is 11.8. The number of unbranched alkanes of at least 4 members (excludes halogenated alkanes) is 1. The molecule has 2 N–H and O–H groups in total. The zero-order chi connectivity index (χ0) is 14.4. The van der Waals surface area contributed by atoms with Gasteiger partial charge in [0, 0.05) is 18.9 Å². The molecule has 1 aromatic heterocycles. The van der Waals surface area contributed by atoms with Crippen molar-refractivity contribution in [1.82, 2.24) is 0 Å². The van der Waals surface area contributed by atoms with E-state index >= 15 is 0 Å². The Morgan fingerprint density at radius 1 is 1.50 bits per heavy atom. The van der Waals surface area contributed by atoms with Crippen LogP contribution in [0.4, 0.5) is 0 Å². The molecule has 2 rings (SSSR count). The number of carbonyl (C=O) groups is 1. The topological polar surface area (TPSA) is 76.0 Å². The first-order chi connectivity index (χ1) is 9.70. The highest BCUT2D eigenvalue weighted by molar-refractivity contribution is 7.08. The second-order valence-corrected chi connectivity index (χ2v) is 5.36. The maximum Gasteiger partial charge on any atom is 0.370 e. The normalized spacial score (nSPS) is 22.1. The van der Waals surface area contributed by atoms with Crippen molar-refractivity contribution in [3.8, 4) is 0 Å². The van der Waals surface area contributed by atoms with Crippen LogP contribution in [0.15, 0.2) is 28.7 Å². The van der Waals surface area contributed by atoms with Gasteiger partial charge in [-0.2, -0.15) is 11.3 Å². The molecular formula is C14H18O5S. The number of carboxylic acids is 1. The molecule has 20 heavy (non-hydrogen) atoms. The largest absolute Gasteiger partial charge is 0.475 e. The lowest BCUT2D eigenvalue weighted by molar-refractivity contribution is -0.157. The summed E-state index contributed by atoms with van der Waals surface area (Å²) in [6, 6.07) is 1.99. The summed E-state index contributed by atoms with van der Waals surface area (Å²) in [5, 5.41) is 21.8. The van der Waals surface area contributed by atoms with E-state index in [9.17, 15) is 4.79 Å². The van der Waals surface area contributed by atoms with Crippen LogP contribution in [0.25, 0.3) is 0 Å². The van der Waals surface area contributed by atoms with E-state index in [0.29, 0.717) is 19.4 Å². The highest BCUT2D eigenvalue weighted by Gasteiger charge is 2.28. The van der Waals surface area contributed by atoms with Crippen molar-refractivity contribution in [1.29, 1.82) is 0 Å². The smallest absolute Gasteiger partial charge is 0.370 e. The Morgan fingerprint density at radius 2 is 2.35 bits per heavy atom. The van der Waals surface area contributed by atoms with Crippen molar-refractivity contribution >= 4 is 17.3 Å². The molecule has 0 unspecified atom stereocenters. The van der Waals surface area contributed by atoms with Gasteiger partial charge in [-0.25, -0.2) is 4.79 Å². The highest BCUT2D eigenvalue weighted by Crippen LogP contribution is 2.32. The van der Waals surface area contributed by atoms with Gasteiger partial charge in [-0.1, -0.05) is 0 Å². The third-order valence-corrected chi connectivity index (χ3v) is 3.80. The number of hydrogen-bond donors (Lipinski definition) is 2. The number of allylic oxidation sites excluding steroid dienone is 1. The van der Waals surface area contributed by atoms with Crippen LogP contribution >= 0.6 is 11.3 Å². The second-order valence-electron chi connectivity index (χ2n) is 4.58. The van der Waals surface area contributed by atoms with Crippen LogP contribution in [0.3, 0.4) is 0 Å². The summed E-state index contributed by atoms with van der Waals surface area (Å²) < 4.78 is 10.9. The molecule has 1 aromatic rings. The van der Waals surface area contributed by atoms with Gasteiger partial charge in [0.15, 0.2) is 0 Å². The van der Waals surface area contributed by atoms with Gasteiger partial charge in [0.25, 0.3) is 0 Å². The van der Waals surface area contributed by atoms with Crippen LogP contribution in [-0.4, -0.2) is 35.7 Å². The van der Waals surface area contributed by atoms with E-state index in [0.717, 1.165) is 12.0 Å². The molecule has 0 amide bonds. The number of aliphatic hydroxyl groups excluding tert-OH is 1.